The van der Waals surface area contributed by atoms with Gasteiger partial charge in [0, 0.05) is 11.0 Å². The van der Waals surface area contributed by atoms with Crippen molar-refractivity contribution in [3.63, 3.8) is 0 Å². The molecule has 1 fully saturated rings. The van der Waals surface area contributed by atoms with Crippen molar-refractivity contribution in [2.75, 3.05) is 13.1 Å². The van der Waals surface area contributed by atoms with Gasteiger partial charge in [-0.15, -0.1) is 0 Å². The van der Waals surface area contributed by atoms with Crippen LogP contribution in [0.25, 0.3) is 0 Å². The quantitative estimate of drug-likeness (QED) is 0.711. The first-order valence-electron chi connectivity index (χ1n) is 7.80. The molecular formula is C17H25BrFN. The fourth-order valence-electron chi connectivity index (χ4n) is 3.32. The summed E-state index contributed by atoms with van der Waals surface area (Å²) in [6, 6.07) is 5.48. The second-order valence-corrected chi connectivity index (χ2v) is 7.07. The highest BCUT2D eigenvalue weighted by atomic mass is 79.9. The molecule has 20 heavy (non-hydrogen) atoms. The van der Waals surface area contributed by atoms with E-state index in [1.807, 2.05) is 12.1 Å². The molecule has 112 valence electrons. The Morgan fingerprint density at radius 3 is 2.65 bits per heavy atom. The maximum Gasteiger partial charge on any atom is 0.127 e. The van der Waals surface area contributed by atoms with E-state index in [0.29, 0.717) is 0 Å². The average molecular weight is 342 g/mol. The summed E-state index contributed by atoms with van der Waals surface area (Å²) in [7, 11) is 0. The van der Waals surface area contributed by atoms with E-state index in [4.69, 9.17) is 0 Å². The molecule has 0 aliphatic heterocycles. The largest absolute Gasteiger partial charge is 0.316 e. The molecule has 2 rings (SSSR count). The van der Waals surface area contributed by atoms with Crippen LogP contribution in [0.3, 0.4) is 0 Å². The van der Waals surface area contributed by atoms with Gasteiger partial charge in [0.2, 0.25) is 0 Å². The predicted molar refractivity (Wildman–Crippen MR) is 86.5 cm³/mol. The number of nitrogens with one attached hydrogen (secondary N) is 1. The second kappa shape index (κ2) is 7.56. The molecular weight excluding hydrogens is 317 g/mol. The SMILES string of the molecule is CCCNCC1(Cc2ccc(Br)cc2F)CCCCC1. The van der Waals surface area contributed by atoms with E-state index in [1.165, 1.54) is 32.1 Å². The lowest BCUT2D eigenvalue weighted by Crippen LogP contribution is -2.38. The Labute approximate surface area is 130 Å². The van der Waals surface area contributed by atoms with Crippen LogP contribution in [-0.2, 0) is 6.42 Å². The van der Waals surface area contributed by atoms with Crippen LogP contribution in [0.2, 0.25) is 0 Å². The van der Waals surface area contributed by atoms with Crippen LogP contribution in [-0.4, -0.2) is 13.1 Å². The van der Waals surface area contributed by atoms with E-state index >= 15 is 0 Å². The fraction of sp³-hybridized carbons (Fsp3) is 0.647. The van der Waals surface area contributed by atoms with Crippen molar-refractivity contribution >= 4 is 15.9 Å². The molecule has 1 aliphatic rings. The zero-order valence-electron chi connectivity index (χ0n) is 12.4. The average Bonchev–Trinajstić information content (AvgIpc) is 2.44. The van der Waals surface area contributed by atoms with E-state index in [1.54, 1.807) is 6.07 Å². The zero-order valence-corrected chi connectivity index (χ0v) is 13.9. The van der Waals surface area contributed by atoms with Crippen LogP contribution in [0.5, 0.6) is 0 Å². The Morgan fingerprint density at radius 2 is 2.00 bits per heavy atom. The van der Waals surface area contributed by atoms with Gasteiger partial charge >= 0.3 is 0 Å². The number of rotatable bonds is 6. The van der Waals surface area contributed by atoms with Gasteiger partial charge in [0.25, 0.3) is 0 Å². The number of hydrogen-bond donors (Lipinski definition) is 1. The normalized spacial score (nSPS) is 18.1. The minimum absolute atomic E-state index is 0.0696. The molecule has 1 nitrogen and oxygen atoms in total. The number of halogens is 2. The molecule has 0 saturated heterocycles. The van der Waals surface area contributed by atoms with Crippen molar-refractivity contribution in [2.45, 2.75) is 51.9 Å². The Hall–Kier alpha value is -0.410. The lowest BCUT2D eigenvalue weighted by Gasteiger charge is -2.38. The second-order valence-electron chi connectivity index (χ2n) is 6.15. The van der Waals surface area contributed by atoms with Gasteiger partial charge in [0.1, 0.15) is 5.82 Å². The summed E-state index contributed by atoms with van der Waals surface area (Å²) in [6.45, 7) is 4.27. The van der Waals surface area contributed by atoms with Gasteiger partial charge in [-0.3, -0.25) is 0 Å². The molecule has 1 saturated carbocycles. The van der Waals surface area contributed by atoms with Crippen LogP contribution >= 0.6 is 15.9 Å². The van der Waals surface area contributed by atoms with Crippen molar-refractivity contribution in [2.24, 2.45) is 5.41 Å². The van der Waals surface area contributed by atoms with E-state index in [-0.39, 0.29) is 11.2 Å². The third-order valence-corrected chi connectivity index (χ3v) is 4.91. The first kappa shape index (κ1) is 16.0. The van der Waals surface area contributed by atoms with Crippen molar-refractivity contribution in [1.82, 2.24) is 5.32 Å². The molecule has 0 radical (unpaired) electrons. The van der Waals surface area contributed by atoms with Crippen LogP contribution in [0.1, 0.15) is 51.0 Å². The minimum atomic E-state index is -0.0696. The molecule has 0 heterocycles. The van der Waals surface area contributed by atoms with Crippen molar-refractivity contribution in [3.05, 3.63) is 34.1 Å². The van der Waals surface area contributed by atoms with Gasteiger partial charge in [-0.25, -0.2) is 4.39 Å². The summed E-state index contributed by atoms with van der Waals surface area (Å²) in [5.74, 6) is -0.0696. The van der Waals surface area contributed by atoms with E-state index in [2.05, 4.69) is 28.2 Å². The van der Waals surface area contributed by atoms with Crippen LogP contribution in [0.15, 0.2) is 22.7 Å². The molecule has 0 atom stereocenters. The first-order chi connectivity index (χ1) is 9.65. The highest BCUT2D eigenvalue weighted by molar-refractivity contribution is 9.10. The molecule has 1 aromatic rings. The van der Waals surface area contributed by atoms with Gasteiger partial charge in [0.05, 0.1) is 0 Å². The Bertz CT molecular complexity index is 427. The van der Waals surface area contributed by atoms with Crippen molar-refractivity contribution < 1.29 is 4.39 Å². The van der Waals surface area contributed by atoms with E-state index < -0.39 is 0 Å². The van der Waals surface area contributed by atoms with E-state index in [0.717, 1.165) is 36.0 Å². The van der Waals surface area contributed by atoms with Gasteiger partial charge in [-0.2, -0.15) is 0 Å². The van der Waals surface area contributed by atoms with Gasteiger partial charge in [-0.05, 0) is 55.3 Å². The first-order valence-corrected chi connectivity index (χ1v) is 8.59. The van der Waals surface area contributed by atoms with Crippen molar-refractivity contribution in [1.29, 1.82) is 0 Å². The van der Waals surface area contributed by atoms with Gasteiger partial charge in [-0.1, -0.05) is 48.2 Å². The molecule has 1 aromatic carbocycles. The lowest BCUT2D eigenvalue weighted by molar-refractivity contribution is 0.179. The molecule has 0 amide bonds. The summed E-state index contributed by atoms with van der Waals surface area (Å²) in [5, 5.41) is 3.56. The summed E-state index contributed by atoms with van der Waals surface area (Å²) < 4.78 is 14.9. The summed E-state index contributed by atoms with van der Waals surface area (Å²) in [6.07, 6.45) is 8.36. The molecule has 0 aromatic heterocycles. The highest BCUT2D eigenvalue weighted by Gasteiger charge is 2.32. The maximum absolute atomic E-state index is 14.1. The van der Waals surface area contributed by atoms with Crippen LogP contribution in [0, 0.1) is 11.2 Å². The Kier molecular flexibility index (Phi) is 6.03. The summed E-state index contributed by atoms with van der Waals surface area (Å²) in [4.78, 5) is 0. The van der Waals surface area contributed by atoms with Gasteiger partial charge in [0.15, 0.2) is 0 Å². The third kappa shape index (κ3) is 4.29. The third-order valence-electron chi connectivity index (χ3n) is 4.42. The smallest absolute Gasteiger partial charge is 0.127 e. The highest BCUT2D eigenvalue weighted by Crippen LogP contribution is 2.39. The maximum atomic E-state index is 14.1. The topological polar surface area (TPSA) is 12.0 Å². The molecule has 0 bridgehead atoms. The Balaban J connectivity index is 2.10. The molecule has 1 N–H and O–H groups in total. The van der Waals surface area contributed by atoms with Gasteiger partial charge < -0.3 is 5.32 Å². The standard InChI is InChI=1S/C17H25BrFN/c1-2-10-20-13-17(8-4-3-5-9-17)12-14-6-7-15(18)11-16(14)19/h6-7,11,20H,2-5,8-10,12-13H2,1H3. The molecule has 1 aliphatic carbocycles. The van der Waals surface area contributed by atoms with Crippen LogP contribution in [0.4, 0.5) is 4.39 Å². The molecule has 3 heteroatoms. The number of benzene rings is 1. The summed E-state index contributed by atoms with van der Waals surface area (Å²) in [5.41, 5.74) is 1.12. The lowest BCUT2D eigenvalue weighted by atomic mass is 9.70. The fourth-order valence-corrected chi connectivity index (χ4v) is 3.65. The minimum Gasteiger partial charge on any atom is -0.316 e. The predicted octanol–water partition coefficient (Wildman–Crippen LogP) is 5.08. The molecule has 0 spiro atoms. The molecule has 0 unspecified atom stereocenters. The zero-order chi connectivity index (χ0) is 14.4. The van der Waals surface area contributed by atoms with Crippen LogP contribution < -0.4 is 5.32 Å². The Morgan fingerprint density at radius 1 is 1.25 bits per heavy atom. The van der Waals surface area contributed by atoms with E-state index in [9.17, 15) is 4.39 Å². The number of hydrogen-bond acceptors (Lipinski definition) is 1. The summed E-state index contributed by atoms with van der Waals surface area (Å²) >= 11 is 3.33. The van der Waals surface area contributed by atoms with Crippen molar-refractivity contribution in [3.8, 4) is 0 Å². The monoisotopic (exact) mass is 341 g/mol.